The van der Waals surface area contributed by atoms with Gasteiger partial charge in [0.25, 0.3) is 0 Å². The van der Waals surface area contributed by atoms with Crippen LogP contribution in [0, 0.1) is 0 Å². The third-order valence-corrected chi connectivity index (χ3v) is 59.0. The molecule has 0 aliphatic carbocycles. The van der Waals surface area contributed by atoms with Crippen molar-refractivity contribution in [2.75, 3.05) is 0 Å². The van der Waals surface area contributed by atoms with Gasteiger partial charge in [-0.05, 0) is 0 Å². The molecule has 0 fully saturated rings. The number of rotatable bonds is 6. The normalized spacial score (nSPS) is 15.5. The maximum atomic E-state index is 7.04. The maximum absolute atomic E-state index is 7.04. The second-order valence-corrected chi connectivity index (χ2v) is 83.3. The molecule has 0 spiro atoms. The minimum absolute atomic E-state index is 0.354. The van der Waals surface area contributed by atoms with Crippen molar-refractivity contribution in [1.82, 2.24) is 0 Å². The molecule has 0 aliphatic rings. The molecule has 0 amide bonds. The Hall–Kier alpha value is 3.14. The molecule has 6 radical (unpaired) electrons. The first kappa shape index (κ1) is 64.4. The van der Waals surface area contributed by atoms with Crippen LogP contribution in [-0.2, 0) is 8.37 Å². The van der Waals surface area contributed by atoms with Crippen LogP contribution in [0.3, 0.4) is 0 Å². The van der Waals surface area contributed by atoms with Gasteiger partial charge in [0.2, 0.25) is 0 Å². The van der Waals surface area contributed by atoms with E-state index in [4.69, 9.17) is 8.37 Å². The van der Waals surface area contributed by atoms with Crippen LogP contribution in [0.1, 0.15) is 249 Å². The molecule has 9 heteroatoms. The van der Waals surface area contributed by atoms with E-state index in [1.54, 1.807) is 0 Å². The van der Waals surface area contributed by atoms with Crippen molar-refractivity contribution < 1.29 is 8.37 Å². The van der Waals surface area contributed by atoms with Crippen LogP contribution in [0.15, 0.2) is 0 Å². The first-order valence-electron chi connectivity index (χ1n) is 22.2. The second kappa shape index (κ2) is 21.6. The van der Waals surface area contributed by atoms with Crippen molar-refractivity contribution >= 4 is 88.1 Å². The molecule has 0 N–H and O–H groups in total. The van der Waals surface area contributed by atoms with Crippen LogP contribution in [0.5, 0.6) is 0 Å². The van der Waals surface area contributed by atoms with Gasteiger partial charge in [-0.3, -0.25) is 0 Å². The van der Waals surface area contributed by atoms with Crippen molar-refractivity contribution in [3.63, 3.8) is 0 Å². The average Bonchev–Trinajstić information content (AvgIpc) is 2.74. The Kier molecular flexibility index (Phi) is 24.4. The quantitative estimate of drug-likeness (QED) is 0.248. The minimum atomic E-state index is -1.62. The number of hydrogen-bond acceptors (Lipinski definition) is 3. The topological polar surface area (TPSA) is 27.7 Å². The molecule has 342 valence electrons. The fourth-order valence-corrected chi connectivity index (χ4v) is 92.9. The summed E-state index contributed by atoms with van der Waals surface area (Å²) in [7, 11) is 0. The van der Waals surface area contributed by atoms with Gasteiger partial charge in [-0.25, -0.2) is 0 Å². The van der Waals surface area contributed by atoms with E-state index < -0.39 is 88.1 Å². The summed E-state index contributed by atoms with van der Waals surface area (Å²) in [6.07, 6.45) is 0. The Labute approximate surface area is 392 Å². The van der Waals surface area contributed by atoms with E-state index in [1.807, 2.05) is 0 Å². The Morgan fingerprint density at radius 3 is 0.228 bits per heavy atom. The van der Waals surface area contributed by atoms with Gasteiger partial charge in [-0.15, -0.1) is 0 Å². The molecule has 3 nitrogen and oxygen atoms in total. The second-order valence-electron chi connectivity index (χ2n) is 29.3. The third-order valence-electron chi connectivity index (χ3n) is 8.79. The van der Waals surface area contributed by atoms with Crippen LogP contribution < -0.4 is 0 Å². The van der Waals surface area contributed by atoms with E-state index in [1.165, 1.54) is 0 Å². The van der Waals surface area contributed by atoms with Gasteiger partial charge in [-0.2, -0.15) is 0 Å². The molecule has 0 atom stereocenters. The summed E-state index contributed by atoms with van der Waals surface area (Å²) >= 11 is -9.69. The summed E-state index contributed by atoms with van der Waals surface area (Å²) in [5, 5.41) is 0. The predicted octanol–water partition coefficient (Wildman–Crippen LogP) is 18.6. The van der Waals surface area contributed by atoms with E-state index in [2.05, 4.69) is 249 Å². The van der Waals surface area contributed by atoms with Crippen LogP contribution in [0.4, 0.5) is 0 Å². The third kappa shape index (κ3) is 25.4. The van der Waals surface area contributed by atoms with Crippen molar-refractivity contribution in [3.8, 4) is 0 Å². The SMILES string of the molecule is C[C](C)(C)[Ge]([O][Ge]([C](C)(C)C)[C](C)(C)C)[C](C)(C)C.C[C](C)(C)[Ge]([O][Ge]([C](C)(C)C)[C](C)(C)C)[C](C)(C)C.C[C](C)(C)[Ge]([O][Ge]([C](C)(C)C)[C](C)(C)C)[C](C)(C)C. The summed E-state index contributed by atoms with van der Waals surface area (Å²) in [6, 6.07) is 0. The molecule has 0 unspecified atom stereocenters. The molecule has 0 aromatic heterocycles. The van der Waals surface area contributed by atoms with Gasteiger partial charge >= 0.3 is 397 Å². The van der Waals surface area contributed by atoms with Crippen molar-refractivity contribution in [1.29, 1.82) is 0 Å². The zero-order chi connectivity index (χ0) is 47.6. The molecular weight excluding hydrogens is 1060 g/mol. The number of hydrogen-bond donors (Lipinski definition) is 0. The van der Waals surface area contributed by atoms with Gasteiger partial charge in [0.1, 0.15) is 0 Å². The predicted molar refractivity (Wildman–Crippen MR) is 274 cm³/mol. The molecule has 0 saturated heterocycles. The Morgan fingerprint density at radius 1 is 0.140 bits per heavy atom. The van der Waals surface area contributed by atoms with E-state index in [-0.39, 0.29) is 0 Å². The van der Waals surface area contributed by atoms with Gasteiger partial charge < -0.3 is 0 Å². The molecular formula is C48H108Ge6O3. The molecule has 0 aromatic rings. The van der Waals surface area contributed by atoms with Crippen LogP contribution >= 0.6 is 0 Å². The van der Waals surface area contributed by atoms with E-state index in [9.17, 15) is 0 Å². The molecule has 0 aromatic carbocycles. The van der Waals surface area contributed by atoms with Crippen LogP contribution in [0.2, 0.25) is 51.0 Å². The zero-order valence-corrected chi connectivity index (χ0v) is 58.8. The van der Waals surface area contributed by atoms with Crippen LogP contribution in [0.25, 0.3) is 0 Å². The van der Waals surface area contributed by atoms with E-state index >= 15 is 0 Å². The average molecular weight is 1170 g/mol. The molecule has 0 rings (SSSR count). The van der Waals surface area contributed by atoms with Gasteiger partial charge in [-0.1, -0.05) is 0 Å². The van der Waals surface area contributed by atoms with E-state index in [0.29, 0.717) is 51.0 Å². The summed E-state index contributed by atoms with van der Waals surface area (Å²) in [4.78, 5) is 0. The van der Waals surface area contributed by atoms with Crippen molar-refractivity contribution in [2.24, 2.45) is 0 Å². The Morgan fingerprint density at radius 2 is 0.193 bits per heavy atom. The summed E-state index contributed by atoms with van der Waals surface area (Å²) in [5.41, 5.74) is 0. The molecule has 0 bridgehead atoms. The Balaban J connectivity index is -0.000000767. The zero-order valence-electron chi connectivity index (χ0n) is 46.2. The molecule has 0 saturated carbocycles. The van der Waals surface area contributed by atoms with Crippen LogP contribution in [-0.4, -0.2) is 88.1 Å². The standard InChI is InChI=1S/3C16H36Ge2O/c3*1-13(2,3)17(14(4,5)6)19-18(15(7,8)9)16(10,11)12/h3*1-12H3. The van der Waals surface area contributed by atoms with Gasteiger partial charge in [0.15, 0.2) is 0 Å². The molecule has 57 heavy (non-hydrogen) atoms. The monoisotopic (exact) mass is 1180 g/mol. The Bertz CT molecular complexity index is 825. The summed E-state index contributed by atoms with van der Waals surface area (Å²) in [6.45, 7) is 85.8. The van der Waals surface area contributed by atoms with Crippen molar-refractivity contribution in [2.45, 2.75) is 300 Å². The van der Waals surface area contributed by atoms with Crippen molar-refractivity contribution in [3.05, 3.63) is 0 Å². The fourth-order valence-electron chi connectivity index (χ4n) is 8.89. The fraction of sp³-hybridized carbons (Fsp3) is 1.00. The first-order valence-corrected chi connectivity index (χ1v) is 40.0. The first-order chi connectivity index (χ1) is 23.9. The summed E-state index contributed by atoms with van der Waals surface area (Å²) < 4.78 is 25.4. The van der Waals surface area contributed by atoms with Gasteiger partial charge in [0, 0.05) is 0 Å². The molecule has 0 aliphatic heterocycles. The molecule has 0 heterocycles. The summed E-state index contributed by atoms with van der Waals surface area (Å²) in [5.74, 6) is 0. The van der Waals surface area contributed by atoms with Gasteiger partial charge in [0.05, 0.1) is 0 Å². The van der Waals surface area contributed by atoms with E-state index in [0.717, 1.165) is 0 Å².